The number of rotatable bonds is 7. The maximum atomic E-state index is 10.8. The Morgan fingerprint density at radius 3 is 2.21 bits per heavy atom. The fourth-order valence-corrected chi connectivity index (χ4v) is 4.88. The summed E-state index contributed by atoms with van der Waals surface area (Å²) in [7, 11) is 0. The SMILES string of the molecule is CCCCCC(CC)SP([O-])([O-])=S.[Zn+2]. The Labute approximate surface area is 109 Å². The molecule has 1 atom stereocenters. The Balaban J connectivity index is 0. The second-order valence-corrected chi connectivity index (χ2v) is 9.06. The smallest absolute Gasteiger partial charge is 0.825 e. The van der Waals surface area contributed by atoms with E-state index in [1.165, 1.54) is 12.8 Å². The minimum atomic E-state index is -3.54. The maximum Gasteiger partial charge on any atom is 2.00 e. The van der Waals surface area contributed by atoms with Gasteiger partial charge in [0.15, 0.2) is 0 Å². The van der Waals surface area contributed by atoms with Gasteiger partial charge in [0.2, 0.25) is 0 Å². The Morgan fingerprint density at radius 2 is 1.86 bits per heavy atom. The molecule has 0 rings (SSSR count). The van der Waals surface area contributed by atoms with E-state index in [2.05, 4.69) is 18.7 Å². The summed E-state index contributed by atoms with van der Waals surface area (Å²) < 4.78 is 0. The Bertz CT molecular complexity index is 175. The van der Waals surface area contributed by atoms with Gasteiger partial charge in [0, 0.05) is 5.25 Å². The van der Waals surface area contributed by atoms with Crippen molar-refractivity contribution in [3.8, 4) is 0 Å². The third kappa shape index (κ3) is 11.6. The monoisotopic (exact) mass is 304 g/mol. The van der Waals surface area contributed by atoms with E-state index in [1.54, 1.807) is 0 Å². The second-order valence-electron chi connectivity index (χ2n) is 3.08. The van der Waals surface area contributed by atoms with E-state index in [0.717, 1.165) is 30.6 Å². The predicted molar refractivity (Wildman–Crippen MR) is 60.1 cm³/mol. The van der Waals surface area contributed by atoms with Crippen LogP contribution in [0.1, 0.15) is 46.0 Å². The van der Waals surface area contributed by atoms with Crippen LogP contribution in [0.5, 0.6) is 0 Å². The maximum absolute atomic E-state index is 10.8. The van der Waals surface area contributed by atoms with Crippen molar-refractivity contribution in [1.29, 1.82) is 0 Å². The van der Waals surface area contributed by atoms with Gasteiger partial charge in [-0.3, -0.25) is 0 Å². The van der Waals surface area contributed by atoms with Gasteiger partial charge >= 0.3 is 19.5 Å². The fraction of sp³-hybridized carbons (Fsp3) is 1.00. The van der Waals surface area contributed by atoms with Gasteiger partial charge in [0.25, 0.3) is 0 Å². The summed E-state index contributed by atoms with van der Waals surface area (Å²) in [5.41, 5.74) is -3.54. The van der Waals surface area contributed by atoms with Gasteiger partial charge in [-0.1, -0.05) is 33.1 Å². The van der Waals surface area contributed by atoms with E-state index in [4.69, 9.17) is 0 Å². The molecule has 0 amide bonds. The average Bonchev–Trinajstić information content (AvgIpc) is 2.01. The Hall–Kier alpha value is 1.54. The topological polar surface area (TPSA) is 46.1 Å². The van der Waals surface area contributed by atoms with Crippen molar-refractivity contribution in [2.75, 3.05) is 0 Å². The first-order chi connectivity index (χ1) is 5.99. The molecule has 0 aliphatic carbocycles. The molecule has 0 spiro atoms. The van der Waals surface area contributed by atoms with Crippen LogP contribution in [-0.2, 0) is 31.3 Å². The first-order valence-corrected chi connectivity index (χ1v) is 8.82. The van der Waals surface area contributed by atoms with Crippen molar-refractivity contribution in [3.63, 3.8) is 0 Å². The molecule has 0 fully saturated rings. The molecule has 0 saturated carbocycles. The summed E-state index contributed by atoms with van der Waals surface area (Å²) in [6, 6.07) is 0. The molecule has 0 aliphatic rings. The summed E-state index contributed by atoms with van der Waals surface area (Å²) in [5, 5.41) is 0.201. The van der Waals surface area contributed by atoms with Crippen molar-refractivity contribution in [2.24, 2.45) is 0 Å². The number of hydrogen-bond donors (Lipinski definition) is 0. The number of hydrogen-bond acceptors (Lipinski definition) is 4. The van der Waals surface area contributed by atoms with Crippen LogP contribution in [0.4, 0.5) is 0 Å². The molecule has 0 aromatic carbocycles. The molecular formula is C8H17O2PS2Zn. The van der Waals surface area contributed by atoms with Crippen LogP contribution in [0, 0.1) is 0 Å². The summed E-state index contributed by atoms with van der Waals surface area (Å²) in [6.45, 7) is 4.15. The quantitative estimate of drug-likeness (QED) is 0.410. The van der Waals surface area contributed by atoms with E-state index in [1.807, 2.05) is 6.92 Å². The standard InChI is InChI=1S/C8H19O2PS2.Zn/c1-3-5-6-7-8(4-2)13-11(9,10)12;/h8H,3-7H2,1-2H3,(H2,9,10,12);/q;+2/p-2. The second kappa shape index (κ2) is 9.75. The molecule has 0 bridgehead atoms. The van der Waals surface area contributed by atoms with Crippen molar-refractivity contribution < 1.29 is 29.3 Å². The first kappa shape index (κ1) is 17.9. The van der Waals surface area contributed by atoms with Crippen LogP contribution in [-0.4, -0.2) is 5.25 Å². The molecule has 0 saturated heterocycles. The van der Waals surface area contributed by atoms with Crippen molar-refractivity contribution in [3.05, 3.63) is 0 Å². The van der Waals surface area contributed by atoms with Gasteiger partial charge in [-0.15, -0.1) is 11.8 Å². The molecule has 0 aromatic heterocycles. The summed E-state index contributed by atoms with van der Waals surface area (Å²) in [5.74, 6) is 0. The van der Waals surface area contributed by atoms with Gasteiger partial charge in [-0.05, 0) is 12.8 Å². The molecule has 0 radical (unpaired) electrons. The van der Waals surface area contributed by atoms with Gasteiger partial charge in [0.05, 0.1) is 0 Å². The van der Waals surface area contributed by atoms with Crippen molar-refractivity contribution >= 4 is 28.9 Å². The summed E-state index contributed by atoms with van der Waals surface area (Å²) >= 11 is 5.34. The minimum Gasteiger partial charge on any atom is -0.825 e. The Kier molecular flexibility index (Phi) is 12.5. The van der Waals surface area contributed by atoms with Crippen LogP contribution < -0.4 is 9.79 Å². The van der Waals surface area contributed by atoms with E-state index >= 15 is 0 Å². The predicted octanol–water partition coefficient (Wildman–Crippen LogP) is 2.02. The zero-order valence-electron chi connectivity index (χ0n) is 8.90. The van der Waals surface area contributed by atoms with Crippen molar-refractivity contribution in [1.82, 2.24) is 0 Å². The van der Waals surface area contributed by atoms with Gasteiger partial charge in [0.1, 0.15) is 0 Å². The average molecular weight is 306 g/mol. The van der Waals surface area contributed by atoms with E-state index in [9.17, 15) is 9.79 Å². The van der Waals surface area contributed by atoms with Crippen LogP contribution >= 0.6 is 17.1 Å². The zero-order chi connectivity index (χ0) is 10.3. The molecule has 1 unspecified atom stereocenters. The van der Waals surface area contributed by atoms with Crippen LogP contribution in [0.2, 0.25) is 0 Å². The van der Waals surface area contributed by atoms with E-state index < -0.39 is 5.69 Å². The van der Waals surface area contributed by atoms with Gasteiger partial charge in [-0.2, -0.15) is 17.1 Å². The van der Waals surface area contributed by atoms with Crippen molar-refractivity contribution in [2.45, 2.75) is 51.2 Å². The molecule has 6 heteroatoms. The molecule has 0 heterocycles. The zero-order valence-corrected chi connectivity index (χ0v) is 14.4. The molecule has 2 nitrogen and oxygen atoms in total. The van der Waals surface area contributed by atoms with Gasteiger partial charge < -0.3 is 9.79 Å². The molecule has 0 aromatic rings. The van der Waals surface area contributed by atoms with Crippen LogP contribution in [0.15, 0.2) is 0 Å². The summed E-state index contributed by atoms with van der Waals surface area (Å²) in [4.78, 5) is 21.7. The fourth-order valence-electron chi connectivity index (χ4n) is 1.14. The third-order valence-corrected chi connectivity index (χ3v) is 5.43. The van der Waals surface area contributed by atoms with Gasteiger partial charge in [-0.25, -0.2) is 0 Å². The van der Waals surface area contributed by atoms with Crippen LogP contribution in [0.25, 0.3) is 0 Å². The Morgan fingerprint density at radius 1 is 1.29 bits per heavy atom. The van der Waals surface area contributed by atoms with E-state index in [0.29, 0.717) is 0 Å². The first-order valence-electron chi connectivity index (χ1n) is 4.70. The molecule has 0 N–H and O–H groups in total. The number of unbranched alkanes of at least 4 members (excludes halogenated alkanes) is 2. The molecular weight excluding hydrogens is 289 g/mol. The summed E-state index contributed by atoms with van der Waals surface area (Å²) in [6.07, 6.45) is 5.31. The third-order valence-electron chi connectivity index (χ3n) is 1.86. The molecule has 0 aliphatic heterocycles. The normalized spacial score (nSPS) is 13.4. The molecule has 14 heavy (non-hydrogen) atoms. The van der Waals surface area contributed by atoms with E-state index in [-0.39, 0.29) is 24.7 Å². The van der Waals surface area contributed by atoms with Crippen LogP contribution in [0.3, 0.4) is 0 Å². The largest absolute Gasteiger partial charge is 2.00 e. The minimum absolute atomic E-state index is 0. The molecule has 80 valence electrons.